The molecule has 18 heavy (non-hydrogen) atoms. The number of quaternary nitrogens is 1. The average molecular weight is 258 g/mol. The number of hydrogen-bond donors (Lipinski definition) is 2. The summed E-state index contributed by atoms with van der Waals surface area (Å²) in [5.74, 6) is -1.94. The van der Waals surface area contributed by atoms with E-state index in [1.54, 1.807) is 13.8 Å². The molecular formula is C13H26N2O3. The molecule has 5 nitrogen and oxygen atoms in total. The number of amides is 1. The van der Waals surface area contributed by atoms with Gasteiger partial charge in [0.05, 0.1) is 20.6 Å². The second kappa shape index (κ2) is 8.91. The Morgan fingerprint density at radius 2 is 1.94 bits per heavy atom. The Labute approximate surface area is 110 Å². The van der Waals surface area contributed by atoms with E-state index in [2.05, 4.69) is 19.4 Å². The molecule has 0 bridgehead atoms. The third-order valence-corrected chi connectivity index (χ3v) is 3.06. The maximum atomic E-state index is 11.7. The molecule has 0 saturated carbocycles. The lowest BCUT2D eigenvalue weighted by molar-refractivity contribution is -0.858. The van der Waals surface area contributed by atoms with Gasteiger partial charge in [-0.15, -0.1) is 0 Å². The van der Waals surface area contributed by atoms with Crippen molar-refractivity contribution in [3.05, 3.63) is 0 Å². The van der Waals surface area contributed by atoms with Crippen LogP contribution in [0.5, 0.6) is 0 Å². The molecule has 0 aliphatic rings. The van der Waals surface area contributed by atoms with Gasteiger partial charge in [0.25, 0.3) is 0 Å². The third kappa shape index (κ3) is 7.27. The molecule has 2 unspecified atom stereocenters. The summed E-state index contributed by atoms with van der Waals surface area (Å²) in [5, 5.41) is 13.6. The molecule has 0 saturated heterocycles. The molecule has 0 aromatic rings. The maximum absolute atomic E-state index is 11.7. The van der Waals surface area contributed by atoms with Gasteiger partial charge in [-0.2, -0.15) is 0 Å². The zero-order valence-corrected chi connectivity index (χ0v) is 11.9. The SMILES string of the molecule is CCC(CC(C)C(=O)NCCC[NH+](C)C)C(=O)[O-]. The Morgan fingerprint density at radius 1 is 1.33 bits per heavy atom. The Morgan fingerprint density at radius 3 is 2.39 bits per heavy atom. The highest BCUT2D eigenvalue weighted by Gasteiger charge is 2.18. The van der Waals surface area contributed by atoms with E-state index < -0.39 is 11.9 Å². The Bertz CT molecular complexity index is 267. The molecule has 106 valence electrons. The van der Waals surface area contributed by atoms with Gasteiger partial charge in [-0.05, 0) is 18.8 Å². The summed E-state index contributed by atoms with van der Waals surface area (Å²) >= 11 is 0. The smallest absolute Gasteiger partial charge is 0.222 e. The van der Waals surface area contributed by atoms with Crippen molar-refractivity contribution in [2.45, 2.75) is 33.1 Å². The van der Waals surface area contributed by atoms with Crippen LogP contribution in [0.1, 0.15) is 33.1 Å². The van der Waals surface area contributed by atoms with Gasteiger partial charge in [0.15, 0.2) is 0 Å². The maximum Gasteiger partial charge on any atom is 0.222 e. The van der Waals surface area contributed by atoms with Gasteiger partial charge in [-0.25, -0.2) is 0 Å². The van der Waals surface area contributed by atoms with Crippen molar-refractivity contribution in [1.82, 2.24) is 5.32 Å². The lowest BCUT2D eigenvalue weighted by Crippen LogP contribution is -3.05. The van der Waals surface area contributed by atoms with Crippen LogP contribution in [0.15, 0.2) is 0 Å². The van der Waals surface area contributed by atoms with Crippen LogP contribution in [0.4, 0.5) is 0 Å². The lowest BCUT2D eigenvalue weighted by atomic mass is 9.93. The van der Waals surface area contributed by atoms with Gasteiger partial charge in [0, 0.05) is 24.9 Å². The monoisotopic (exact) mass is 258 g/mol. The number of rotatable bonds is 9. The van der Waals surface area contributed by atoms with Gasteiger partial charge in [0.1, 0.15) is 0 Å². The van der Waals surface area contributed by atoms with Gasteiger partial charge in [0.2, 0.25) is 5.91 Å². The first-order valence-corrected chi connectivity index (χ1v) is 6.66. The number of nitrogens with one attached hydrogen (secondary N) is 2. The summed E-state index contributed by atoms with van der Waals surface area (Å²) in [4.78, 5) is 23.9. The summed E-state index contributed by atoms with van der Waals surface area (Å²) < 4.78 is 0. The number of carbonyl (C=O) groups is 2. The van der Waals surface area contributed by atoms with E-state index in [1.807, 2.05) is 0 Å². The predicted molar refractivity (Wildman–Crippen MR) is 67.9 cm³/mol. The highest BCUT2D eigenvalue weighted by molar-refractivity contribution is 5.79. The largest absolute Gasteiger partial charge is 0.550 e. The van der Waals surface area contributed by atoms with Crippen molar-refractivity contribution in [3.8, 4) is 0 Å². The zero-order chi connectivity index (χ0) is 14.1. The first-order valence-electron chi connectivity index (χ1n) is 6.66. The minimum atomic E-state index is -1.06. The minimum Gasteiger partial charge on any atom is -0.550 e. The summed E-state index contributed by atoms with van der Waals surface area (Å²) in [6, 6.07) is 0. The molecule has 1 amide bonds. The third-order valence-electron chi connectivity index (χ3n) is 3.06. The van der Waals surface area contributed by atoms with E-state index in [1.165, 1.54) is 4.90 Å². The number of carboxylic acids is 1. The molecule has 5 heteroatoms. The van der Waals surface area contributed by atoms with E-state index in [0.29, 0.717) is 19.4 Å². The molecule has 0 aliphatic carbocycles. The van der Waals surface area contributed by atoms with Gasteiger partial charge in [-0.3, -0.25) is 4.79 Å². The van der Waals surface area contributed by atoms with Crippen LogP contribution >= 0.6 is 0 Å². The Balaban J connectivity index is 3.92. The van der Waals surface area contributed by atoms with E-state index in [0.717, 1.165) is 13.0 Å². The Kier molecular flexibility index (Phi) is 8.37. The molecule has 0 heterocycles. The molecule has 0 spiro atoms. The minimum absolute atomic E-state index is 0.0662. The molecule has 0 radical (unpaired) electrons. The normalized spacial score (nSPS) is 14.3. The molecule has 0 aromatic heterocycles. The van der Waals surface area contributed by atoms with Gasteiger partial charge in [-0.1, -0.05) is 13.8 Å². The van der Waals surface area contributed by atoms with Crippen LogP contribution in [0.25, 0.3) is 0 Å². The Hall–Kier alpha value is -1.10. The quantitative estimate of drug-likeness (QED) is 0.491. The van der Waals surface area contributed by atoms with Crippen LogP contribution in [0.3, 0.4) is 0 Å². The first kappa shape index (κ1) is 16.9. The summed E-state index contributed by atoms with van der Waals surface area (Å²) in [6.45, 7) is 5.21. The lowest BCUT2D eigenvalue weighted by Gasteiger charge is -2.20. The van der Waals surface area contributed by atoms with E-state index in [-0.39, 0.29) is 11.8 Å². The predicted octanol–water partition coefficient (Wildman–Crippen LogP) is -1.56. The van der Waals surface area contributed by atoms with Crippen LogP contribution in [0, 0.1) is 11.8 Å². The van der Waals surface area contributed by atoms with Crippen LogP contribution < -0.4 is 15.3 Å². The fourth-order valence-corrected chi connectivity index (χ4v) is 1.79. The standard InChI is InChI=1S/C13H26N2O3/c1-5-11(13(17)18)9-10(2)12(16)14-7-6-8-15(3)4/h10-11H,5-9H2,1-4H3,(H,14,16)(H,17,18). The van der Waals surface area contributed by atoms with Gasteiger partial charge < -0.3 is 20.1 Å². The van der Waals surface area contributed by atoms with Crippen molar-refractivity contribution >= 4 is 11.9 Å². The van der Waals surface area contributed by atoms with Crippen LogP contribution in [-0.4, -0.2) is 39.1 Å². The number of carbonyl (C=O) groups excluding carboxylic acids is 2. The molecule has 2 atom stereocenters. The highest BCUT2D eigenvalue weighted by Crippen LogP contribution is 2.15. The second-order valence-corrected chi connectivity index (χ2v) is 5.16. The molecule has 2 N–H and O–H groups in total. The highest BCUT2D eigenvalue weighted by atomic mass is 16.4. The fourth-order valence-electron chi connectivity index (χ4n) is 1.79. The van der Waals surface area contributed by atoms with E-state index >= 15 is 0 Å². The van der Waals surface area contributed by atoms with Crippen LogP contribution in [-0.2, 0) is 9.59 Å². The van der Waals surface area contributed by atoms with Crippen molar-refractivity contribution in [2.24, 2.45) is 11.8 Å². The van der Waals surface area contributed by atoms with Crippen molar-refractivity contribution in [2.75, 3.05) is 27.2 Å². The molecule has 0 aliphatic heterocycles. The second-order valence-electron chi connectivity index (χ2n) is 5.16. The molecule has 0 rings (SSSR count). The molecule has 0 aromatic carbocycles. The summed E-state index contributed by atoms with van der Waals surface area (Å²) in [5.41, 5.74) is 0. The van der Waals surface area contributed by atoms with Crippen molar-refractivity contribution in [3.63, 3.8) is 0 Å². The fraction of sp³-hybridized carbons (Fsp3) is 0.846. The number of hydrogen-bond acceptors (Lipinski definition) is 3. The molecule has 0 fully saturated rings. The summed E-state index contributed by atoms with van der Waals surface area (Å²) in [7, 11) is 4.13. The zero-order valence-electron chi connectivity index (χ0n) is 11.9. The van der Waals surface area contributed by atoms with E-state index in [9.17, 15) is 14.7 Å². The first-order chi connectivity index (χ1) is 8.38. The number of carboxylic acid groups (broad SMARTS) is 1. The van der Waals surface area contributed by atoms with Crippen molar-refractivity contribution < 1.29 is 19.6 Å². The van der Waals surface area contributed by atoms with E-state index in [4.69, 9.17) is 0 Å². The van der Waals surface area contributed by atoms with Crippen LogP contribution in [0.2, 0.25) is 0 Å². The van der Waals surface area contributed by atoms with Crippen molar-refractivity contribution in [1.29, 1.82) is 0 Å². The number of aliphatic carboxylic acids is 1. The topological polar surface area (TPSA) is 73.7 Å². The average Bonchev–Trinajstić information content (AvgIpc) is 2.30. The summed E-state index contributed by atoms with van der Waals surface area (Å²) in [6.07, 6.45) is 1.78. The molecular weight excluding hydrogens is 232 g/mol. The van der Waals surface area contributed by atoms with Gasteiger partial charge >= 0.3 is 0 Å².